The van der Waals surface area contributed by atoms with Gasteiger partial charge in [0.2, 0.25) is 0 Å². The molecule has 0 unspecified atom stereocenters. The summed E-state index contributed by atoms with van der Waals surface area (Å²) in [4.78, 5) is 0. The van der Waals surface area contributed by atoms with E-state index in [2.05, 4.69) is 31.7 Å². The fourth-order valence-corrected chi connectivity index (χ4v) is 1.86. The highest BCUT2D eigenvalue weighted by Crippen LogP contribution is 1.99. The molecule has 0 heteroatoms. The molecule has 0 aliphatic heterocycles. The highest BCUT2D eigenvalue weighted by molar-refractivity contribution is 5.22. The third-order valence-electron chi connectivity index (χ3n) is 3.25. The van der Waals surface area contributed by atoms with Gasteiger partial charge in [-0.25, -0.2) is 0 Å². The van der Waals surface area contributed by atoms with Gasteiger partial charge in [-0.3, -0.25) is 0 Å². The SMILES string of the molecule is C=C/C=C/C=C/C=C/C=C/C=C/C=C/C=C/C=C/C=C/C=C/CCCCC. The van der Waals surface area contributed by atoms with Crippen molar-refractivity contribution in [3.8, 4) is 0 Å². The molecule has 0 heterocycles. The van der Waals surface area contributed by atoms with Crippen molar-refractivity contribution < 1.29 is 0 Å². The maximum atomic E-state index is 3.61. The van der Waals surface area contributed by atoms with Gasteiger partial charge >= 0.3 is 0 Å². The van der Waals surface area contributed by atoms with Crippen molar-refractivity contribution in [1.82, 2.24) is 0 Å². The minimum absolute atomic E-state index is 1.18. The van der Waals surface area contributed by atoms with E-state index in [1.165, 1.54) is 25.7 Å². The van der Waals surface area contributed by atoms with Crippen molar-refractivity contribution in [2.24, 2.45) is 0 Å². The van der Waals surface area contributed by atoms with Gasteiger partial charge < -0.3 is 0 Å². The van der Waals surface area contributed by atoms with Gasteiger partial charge in [-0.2, -0.15) is 0 Å². The van der Waals surface area contributed by atoms with Gasteiger partial charge in [-0.15, -0.1) is 0 Å². The summed E-state index contributed by atoms with van der Waals surface area (Å²) in [5, 5.41) is 0. The molecule has 0 aromatic heterocycles. The van der Waals surface area contributed by atoms with E-state index in [4.69, 9.17) is 0 Å². The van der Waals surface area contributed by atoms with Crippen molar-refractivity contribution in [2.75, 3.05) is 0 Å². The predicted molar refractivity (Wildman–Crippen MR) is 126 cm³/mol. The van der Waals surface area contributed by atoms with Crippen LogP contribution in [0.1, 0.15) is 32.6 Å². The lowest BCUT2D eigenvalue weighted by Crippen LogP contribution is -1.69. The molecular formula is C27H34. The Hall–Kier alpha value is -2.86. The maximum Gasteiger partial charge on any atom is -0.0348 e. The smallest absolute Gasteiger partial charge is 0.0348 e. The molecule has 0 aliphatic rings. The standard InChI is InChI=1S/C27H34/c1-3-5-7-9-11-13-15-17-19-21-23-25-27-26-24-22-20-18-16-14-12-10-8-6-4-2/h3,5,7,9,11-27H,1,4,6,8,10H2,2H3/b7-5+,11-9+,14-12+,15-13+,18-16+,19-17+,22-20+,23-21+,26-24+,27-25+. The summed E-state index contributed by atoms with van der Waals surface area (Å²) in [6.07, 6.45) is 47.2. The summed E-state index contributed by atoms with van der Waals surface area (Å²) in [5.41, 5.74) is 0. The van der Waals surface area contributed by atoms with Gasteiger partial charge in [0.05, 0.1) is 0 Å². The van der Waals surface area contributed by atoms with Gasteiger partial charge in [0.15, 0.2) is 0 Å². The number of allylic oxidation sites excluding steroid dienone is 21. The van der Waals surface area contributed by atoms with Crippen LogP contribution in [-0.4, -0.2) is 0 Å². The fraction of sp³-hybridized carbons (Fsp3) is 0.185. The molecule has 0 atom stereocenters. The van der Waals surface area contributed by atoms with Crippen molar-refractivity contribution in [1.29, 1.82) is 0 Å². The van der Waals surface area contributed by atoms with Crippen LogP contribution >= 0.6 is 0 Å². The molecule has 0 saturated carbocycles. The van der Waals surface area contributed by atoms with E-state index in [1.807, 2.05) is 103 Å². The number of hydrogen-bond donors (Lipinski definition) is 0. The van der Waals surface area contributed by atoms with Crippen molar-refractivity contribution in [3.05, 3.63) is 134 Å². The van der Waals surface area contributed by atoms with E-state index in [0.29, 0.717) is 0 Å². The summed E-state index contributed by atoms with van der Waals surface area (Å²) < 4.78 is 0. The summed E-state index contributed by atoms with van der Waals surface area (Å²) in [5.74, 6) is 0. The molecule has 27 heavy (non-hydrogen) atoms. The average Bonchev–Trinajstić information content (AvgIpc) is 2.68. The Balaban J connectivity index is 3.85. The molecule has 0 radical (unpaired) electrons. The van der Waals surface area contributed by atoms with Crippen LogP contribution in [-0.2, 0) is 0 Å². The topological polar surface area (TPSA) is 0 Å². The number of unbranched alkanes of at least 4 members (excludes halogenated alkanes) is 3. The van der Waals surface area contributed by atoms with Crippen LogP contribution in [0.3, 0.4) is 0 Å². The Morgan fingerprint density at radius 1 is 0.444 bits per heavy atom. The van der Waals surface area contributed by atoms with E-state index in [0.717, 1.165) is 0 Å². The van der Waals surface area contributed by atoms with E-state index < -0.39 is 0 Å². The predicted octanol–water partition coefficient (Wildman–Crippen LogP) is 8.31. The zero-order valence-electron chi connectivity index (χ0n) is 16.7. The Labute approximate surface area is 167 Å². The second-order valence-electron chi connectivity index (χ2n) is 5.62. The third kappa shape index (κ3) is 23.1. The molecule has 0 nitrogen and oxygen atoms in total. The minimum atomic E-state index is 1.18. The molecule has 0 saturated heterocycles. The monoisotopic (exact) mass is 358 g/mol. The van der Waals surface area contributed by atoms with Gasteiger partial charge in [0.25, 0.3) is 0 Å². The van der Waals surface area contributed by atoms with E-state index >= 15 is 0 Å². The zero-order chi connectivity index (χ0) is 19.7. The lowest BCUT2D eigenvalue weighted by Gasteiger charge is -1.89. The Morgan fingerprint density at radius 2 is 0.778 bits per heavy atom. The Bertz CT molecular complexity index is 623. The Kier molecular flexibility index (Phi) is 20.7. The van der Waals surface area contributed by atoms with E-state index in [1.54, 1.807) is 6.08 Å². The molecular weight excluding hydrogens is 324 g/mol. The first-order valence-electron chi connectivity index (χ1n) is 9.69. The molecule has 0 fully saturated rings. The molecule has 0 N–H and O–H groups in total. The van der Waals surface area contributed by atoms with Gasteiger partial charge in [0.1, 0.15) is 0 Å². The molecule has 0 rings (SSSR count). The molecule has 0 aromatic carbocycles. The van der Waals surface area contributed by atoms with Crippen LogP contribution in [0.4, 0.5) is 0 Å². The van der Waals surface area contributed by atoms with Crippen molar-refractivity contribution in [2.45, 2.75) is 32.6 Å². The molecule has 0 spiro atoms. The third-order valence-corrected chi connectivity index (χ3v) is 3.25. The van der Waals surface area contributed by atoms with Gasteiger partial charge in [0, 0.05) is 0 Å². The largest absolute Gasteiger partial charge is 0.0991 e. The van der Waals surface area contributed by atoms with Crippen LogP contribution in [0.25, 0.3) is 0 Å². The lowest BCUT2D eigenvalue weighted by atomic mass is 10.2. The summed E-state index contributed by atoms with van der Waals surface area (Å²) >= 11 is 0. The Morgan fingerprint density at radius 3 is 1.11 bits per heavy atom. The first-order chi connectivity index (χ1) is 13.4. The maximum absolute atomic E-state index is 3.61. The quantitative estimate of drug-likeness (QED) is 0.216. The first kappa shape index (κ1) is 24.1. The van der Waals surface area contributed by atoms with Gasteiger partial charge in [-0.1, -0.05) is 154 Å². The number of rotatable bonds is 14. The summed E-state index contributed by atoms with van der Waals surface area (Å²) in [7, 11) is 0. The average molecular weight is 359 g/mol. The van der Waals surface area contributed by atoms with E-state index in [-0.39, 0.29) is 0 Å². The molecule has 0 aromatic rings. The summed E-state index contributed by atoms with van der Waals surface area (Å²) in [6, 6.07) is 0. The normalized spacial score (nSPS) is 14.1. The zero-order valence-corrected chi connectivity index (χ0v) is 16.7. The van der Waals surface area contributed by atoms with Crippen molar-refractivity contribution in [3.63, 3.8) is 0 Å². The number of hydrogen-bond acceptors (Lipinski definition) is 0. The van der Waals surface area contributed by atoms with Crippen LogP contribution in [0.15, 0.2) is 134 Å². The highest BCUT2D eigenvalue weighted by Gasteiger charge is 1.79. The minimum Gasteiger partial charge on any atom is -0.0991 e. The fourth-order valence-electron chi connectivity index (χ4n) is 1.86. The van der Waals surface area contributed by atoms with E-state index in [9.17, 15) is 0 Å². The molecule has 142 valence electrons. The van der Waals surface area contributed by atoms with Crippen molar-refractivity contribution >= 4 is 0 Å². The molecule has 0 bridgehead atoms. The van der Waals surface area contributed by atoms with Gasteiger partial charge in [-0.05, 0) is 12.8 Å². The highest BCUT2D eigenvalue weighted by atomic mass is 13.9. The second-order valence-corrected chi connectivity index (χ2v) is 5.62. The summed E-state index contributed by atoms with van der Waals surface area (Å²) in [6.45, 7) is 5.84. The van der Waals surface area contributed by atoms with Crippen LogP contribution in [0.5, 0.6) is 0 Å². The first-order valence-corrected chi connectivity index (χ1v) is 9.69. The van der Waals surface area contributed by atoms with Crippen LogP contribution in [0.2, 0.25) is 0 Å². The molecule has 0 aliphatic carbocycles. The lowest BCUT2D eigenvalue weighted by molar-refractivity contribution is 0.729. The second kappa shape index (κ2) is 23.1. The van der Waals surface area contributed by atoms with Crippen LogP contribution < -0.4 is 0 Å². The van der Waals surface area contributed by atoms with Crippen LogP contribution in [0, 0.1) is 0 Å². The molecule has 0 amide bonds.